The van der Waals surface area contributed by atoms with E-state index in [0.29, 0.717) is 23.0 Å². The Bertz CT molecular complexity index is 1140. The van der Waals surface area contributed by atoms with Gasteiger partial charge in [-0.25, -0.2) is 0 Å². The van der Waals surface area contributed by atoms with Gasteiger partial charge in [0, 0.05) is 18.0 Å². The van der Waals surface area contributed by atoms with E-state index in [0.717, 1.165) is 58.6 Å². The number of benzene rings is 3. The molecule has 2 atom stereocenters. The van der Waals surface area contributed by atoms with Gasteiger partial charge in [-0.15, -0.1) is 0 Å². The SMILES string of the molecule is COc1cc2c3c(c4ccc(OC)c(OC)c4c2cc1OC)C(O)C1CCCN1C3. The van der Waals surface area contributed by atoms with Gasteiger partial charge in [-0.2, -0.15) is 0 Å². The van der Waals surface area contributed by atoms with Crippen molar-refractivity contribution in [2.75, 3.05) is 35.0 Å². The summed E-state index contributed by atoms with van der Waals surface area (Å²) in [4.78, 5) is 2.40. The molecule has 1 N–H and O–H groups in total. The number of rotatable bonds is 4. The molecular formula is C24H27NO5. The predicted octanol–water partition coefficient (Wildman–Crippen LogP) is 4.04. The molecule has 2 aliphatic heterocycles. The zero-order valence-corrected chi connectivity index (χ0v) is 17.8. The number of aliphatic hydroxyl groups is 1. The predicted molar refractivity (Wildman–Crippen MR) is 116 cm³/mol. The third kappa shape index (κ3) is 2.57. The summed E-state index contributed by atoms with van der Waals surface area (Å²) in [6.45, 7) is 1.83. The van der Waals surface area contributed by atoms with E-state index in [1.54, 1.807) is 28.4 Å². The highest BCUT2D eigenvalue weighted by Crippen LogP contribution is 2.50. The highest BCUT2D eigenvalue weighted by atomic mass is 16.5. The van der Waals surface area contributed by atoms with Crippen LogP contribution in [-0.2, 0) is 6.54 Å². The summed E-state index contributed by atoms with van der Waals surface area (Å²) >= 11 is 0. The summed E-state index contributed by atoms with van der Waals surface area (Å²) in [6, 6.07) is 8.14. The van der Waals surface area contributed by atoms with Crippen molar-refractivity contribution >= 4 is 21.5 Å². The number of hydrogen-bond donors (Lipinski definition) is 1. The van der Waals surface area contributed by atoms with Crippen LogP contribution in [0.4, 0.5) is 0 Å². The lowest BCUT2D eigenvalue weighted by Gasteiger charge is -2.37. The number of ether oxygens (including phenoxy) is 4. The van der Waals surface area contributed by atoms with Gasteiger partial charge in [-0.05, 0) is 64.9 Å². The van der Waals surface area contributed by atoms with Crippen LogP contribution in [0.1, 0.15) is 30.1 Å². The molecule has 0 saturated carbocycles. The van der Waals surface area contributed by atoms with Gasteiger partial charge in [0.1, 0.15) is 0 Å². The van der Waals surface area contributed by atoms with E-state index in [1.807, 2.05) is 24.3 Å². The van der Waals surface area contributed by atoms with Crippen LogP contribution in [0.25, 0.3) is 21.5 Å². The van der Waals surface area contributed by atoms with Crippen LogP contribution in [0.5, 0.6) is 23.0 Å². The molecule has 6 heteroatoms. The van der Waals surface area contributed by atoms with E-state index in [4.69, 9.17) is 18.9 Å². The first-order valence-electron chi connectivity index (χ1n) is 10.3. The first kappa shape index (κ1) is 19.3. The first-order valence-corrected chi connectivity index (χ1v) is 10.3. The van der Waals surface area contributed by atoms with Crippen molar-refractivity contribution in [2.45, 2.75) is 31.5 Å². The van der Waals surface area contributed by atoms with E-state index in [1.165, 1.54) is 0 Å². The van der Waals surface area contributed by atoms with Crippen molar-refractivity contribution in [1.82, 2.24) is 4.90 Å². The normalized spacial score (nSPS) is 20.8. The van der Waals surface area contributed by atoms with Crippen molar-refractivity contribution < 1.29 is 24.1 Å². The Hall–Kier alpha value is -2.70. The second-order valence-corrected chi connectivity index (χ2v) is 7.99. The lowest BCUT2D eigenvalue weighted by Crippen LogP contribution is -2.39. The second kappa shape index (κ2) is 7.22. The van der Waals surface area contributed by atoms with Crippen molar-refractivity contribution in [2.24, 2.45) is 0 Å². The Balaban J connectivity index is 1.97. The number of aliphatic hydroxyl groups excluding tert-OH is 1. The molecule has 0 bridgehead atoms. The van der Waals surface area contributed by atoms with Crippen LogP contribution in [0.15, 0.2) is 24.3 Å². The zero-order valence-electron chi connectivity index (χ0n) is 17.8. The molecule has 2 aliphatic rings. The Morgan fingerprint density at radius 1 is 0.867 bits per heavy atom. The molecule has 1 fully saturated rings. The Morgan fingerprint density at radius 3 is 2.23 bits per heavy atom. The van der Waals surface area contributed by atoms with Gasteiger partial charge in [0.25, 0.3) is 0 Å². The molecule has 158 valence electrons. The monoisotopic (exact) mass is 409 g/mol. The Morgan fingerprint density at radius 2 is 1.57 bits per heavy atom. The summed E-state index contributed by atoms with van der Waals surface area (Å²) in [6.07, 6.45) is 1.58. The van der Waals surface area contributed by atoms with Crippen molar-refractivity contribution in [3.63, 3.8) is 0 Å². The van der Waals surface area contributed by atoms with Gasteiger partial charge < -0.3 is 24.1 Å². The number of nitrogens with zero attached hydrogens (tertiary/aromatic N) is 1. The van der Waals surface area contributed by atoms with Crippen molar-refractivity contribution in [3.8, 4) is 23.0 Å². The molecule has 2 heterocycles. The standard InChI is InChI=1S/C24H27NO5/c1-27-18-8-7-13-21-16(12-25-9-5-6-17(25)23(21)26)14-10-19(28-2)20(29-3)11-15(14)22(13)24(18)30-4/h7-8,10-11,17,23,26H,5-6,9,12H2,1-4H3. The summed E-state index contributed by atoms with van der Waals surface area (Å²) in [5.74, 6) is 2.66. The molecule has 0 aliphatic carbocycles. The first-order chi connectivity index (χ1) is 14.6. The molecule has 0 aromatic heterocycles. The van der Waals surface area contributed by atoms with E-state index in [-0.39, 0.29) is 6.04 Å². The van der Waals surface area contributed by atoms with E-state index in [9.17, 15) is 5.11 Å². The number of fused-ring (bicyclic) bond motifs is 7. The number of methoxy groups -OCH3 is 4. The molecular weight excluding hydrogens is 382 g/mol. The number of hydrogen-bond acceptors (Lipinski definition) is 6. The lowest BCUT2D eigenvalue weighted by molar-refractivity contribution is 0.0552. The maximum Gasteiger partial charge on any atom is 0.169 e. The summed E-state index contributed by atoms with van der Waals surface area (Å²) in [5, 5.41) is 15.4. The summed E-state index contributed by atoms with van der Waals surface area (Å²) < 4.78 is 22.6. The second-order valence-electron chi connectivity index (χ2n) is 7.99. The van der Waals surface area contributed by atoms with Gasteiger partial charge in [-0.3, -0.25) is 4.90 Å². The largest absolute Gasteiger partial charge is 0.493 e. The van der Waals surface area contributed by atoms with Crippen molar-refractivity contribution in [1.29, 1.82) is 0 Å². The molecule has 0 radical (unpaired) electrons. The lowest BCUT2D eigenvalue weighted by atomic mass is 9.83. The van der Waals surface area contributed by atoms with Crippen LogP contribution < -0.4 is 18.9 Å². The van der Waals surface area contributed by atoms with Gasteiger partial charge in [0.15, 0.2) is 23.0 Å². The fourth-order valence-corrected chi connectivity index (χ4v) is 5.37. The minimum atomic E-state index is -0.547. The molecule has 3 aromatic rings. The zero-order chi connectivity index (χ0) is 21.0. The van der Waals surface area contributed by atoms with Gasteiger partial charge in [0.2, 0.25) is 0 Å². The molecule has 0 amide bonds. The summed E-state index contributed by atoms with van der Waals surface area (Å²) in [7, 11) is 6.57. The Labute approximate surface area is 175 Å². The van der Waals surface area contributed by atoms with E-state index >= 15 is 0 Å². The maximum absolute atomic E-state index is 11.4. The third-order valence-electron chi connectivity index (χ3n) is 6.71. The smallest absolute Gasteiger partial charge is 0.169 e. The van der Waals surface area contributed by atoms with Crippen LogP contribution in [0, 0.1) is 0 Å². The third-order valence-corrected chi connectivity index (χ3v) is 6.71. The van der Waals surface area contributed by atoms with Gasteiger partial charge in [-0.1, -0.05) is 6.07 Å². The van der Waals surface area contributed by atoms with Gasteiger partial charge in [0.05, 0.1) is 34.5 Å². The van der Waals surface area contributed by atoms with Crippen LogP contribution in [0.3, 0.4) is 0 Å². The average molecular weight is 409 g/mol. The molecule has 5 rings (SSSR count). The minimum Gasteiger partial charge on any atom is -0.493 e. The summed E-state index contributed by atoms with van der Waals surface area (Å²) in [5.41, 5.74) is 2.14. The van der Waals surface area contributed by atoms with Crippen LogP contribution >= 0.6 is 0 Å². The fourth-order valence-electron chi connectivity index (χ4n) is 5.37. The molecule has 30 heavy (non-hydrogen) atoms. The molecule has 3 aromatic carbocycles. The topological polar surface area (TPSA) is 60.4 Å². The average Bonchev–Trinajstić information content (AvgIpc) is 3.26. The molecule has 0 spiro atoms. The van der Waals surface area contributed by atoms with Crippen LogP contribution in [-0.4, -0.2) is 51.0 Å². The van der Waals surface area contributed by atoms with E-state index in [2.05, 4.69) is 4.90 Å². The highest BCUT2D eigenvalue weighted by Gasteiger charge is 2.39. The highest BCUT2D eigenvalue weighted by molar-refractivity contribution is 6.15. The fraction of sp³-hybridized carbons (Fsp3) is 0.417. The van der Waals surface area contributed by atoms with Crippen molar-refractivity contribution in [3.05, 3.63) is 35.4 Å². The quantitative estimate of drug-likeness (QED) is 0.657. The maximum atomic E-state index is 11.4. The molecule has 6 nitrogen and oxygen atoms in total. The van der Waals surface area contributed by atoms with Crippen LogP contribution in [0.2, 0.25) is 0 Å². The minimum absolute atomic E-state index is 0.159. The molecule has 2 unspecified atom stereocenters. The Kier molecular flexibility index (Phi) is 4.64. The molecule has 1 saturated heterocycles. The van der Waals surface area contributed by atoms with E-state index < -0.39 is 6.10 Å². The van der Waals surface area contributed by atoms with Gasteiger partial charge >= 0.3 is 0 Å².